The largest absolute Gasteiger partial charge is 0.475 e. The molecule has 6 heteroatoms. The molecule has 0 atom stereocenters. The fourth-order valence-corrected chi connectivity index (χ4v) is 1.67. The molecule has 0 fully saturated rings. The van der Waals surface area contributed by atoms with Crippen molar-refractivity contribution < 1.29 is 14.3 Å². The molecule has 18 heavy (non-hydrogen) atoms. The summed E-state index contributed by atoms with van der Waals surface area (Å²) in [5.41, 5.74) is 1.78. The monoisotopic (exact) mass is 249 g/mol. The van der Waals surface area contributed by atoms with Crippen molar-refractivity contribution in [3.63, 3.8) is 0 Å². The predicted octanol–water partition coefficient (Wildman–Crippen LogP) is 1.27. The van der Waals surface area contributed by atoms with E-state index in [9.17, 15) is 4.79 Å². The number of hydrogen-bond acceptors (Lipinski definition) is 4. The summed E-state index contributed by atoms with van der Waals surface area (Å²) in [6.45, 7) is 3.92. The Balaban J connectivity index is 1.78. The maximum atomic E-state index is 10.8. The van der Waals surface area contributed by atoms with Crippen LogP contribution in [-0.4, -0.2) is 27.4 Å². The molecule has 0 amide bonds. The normalized spacial score (nSPS) is 10.7. The molecule has 0 saturated carbocycles. The van der Waals surface area contributed by atoms with Crippen LogP contribution in [0.1, 0.15) is 21.7 Å². The molecule has 6 nitrogen and oxygen atoms in total. The van der Waals surface area contributed by atoms with E-state index in [-0.39, 0.29) is 5.76 Å². The molecule has 0 aliphatic carbocycles. The van der Waals surface area contributed by atoms with Crippen LogP contribution in [0.15, 0.2) is 29.1 Å². The molecule has 2 aromatic heterocycles. The number of carbonyl (C=O) groups is 1. The smallest absolute Gasteiger partial charge is 0.372 e. The highest BCUT2D eigenvalue weighted by molar-refractivity contribution is 5.86. The van der Waals surface area contributed by atoms with Gasteiger partial charge in [0.2, 0.25) is 5.76 Å². The lowest BCUT2D eigenvalue weighted by atomic mass is 10.2. The van der Waals surface area contributed by atoms with E-state index in [1.807, 2.05) is 17.8 Å². The zero-order valence-electron chi connectivity index (χ0n) is 10.1. The van der Waals surface area contributed by atoms with E-state index < -0.39 is 5.97 Å². The minimum Gasteiger partial charge on any atom is -0.475 e. The van der Waals surface area contributed by atoms with Gasteiger partial charge in [0.25, 0.3) is 0 Å². The molecular weight excluding hydrogens is 234 g/mol. The highest BCUT2D eigenvalue weighted by Crippen LogP contribution is 2.09. The van der Waals surface area contributed by atoms with Crippen LogP contribution in [-0.2, 0) is 13.1 Å². The van der Waals surface area contributed by atoms with Crippen LogP contribution in [0, 0.1) is 6.92 Å². The Labute approximate surface area is 104 Å². The number of carboxylic acid groups (broad SMARTS) is 1. The number of nitrogens with zero attached hydrogens (tertiary/aromatic N) is 2. The van der Waals surface area contributed by atoms with Gasteiger partial charge in [0.15, 0.2) is 0 Å². The van der Waals surface area contributed by atoms with E-state index in [2.05, 4.69) is 10.4 Å². The van der Waals surface area contributed by atoms with E-state index in [1.54, 1.807) is 12.3 Å². The van der Waals surface area contributed by atoms with Gasteiger partial charge >= 0.3 is 5.97 Å². The Morgan fingerprint density at radius 3 is 3.11 bits per heavy atom. The summed E-state index contributed by atoms with van der Waals surface area (Å²) < 4.78 is 6.73. The molecule has 0 bridgehead atoms. The van der Waals surface area contributed by atoms with Gasteiger partial charge in [-0.2, -0.15) is 5.10 Å². The second-order valence-electron chi connectivity index (χ2n) is 4.04. The summed E-state index contributed by atoms with van der Waals surface area (Å²) in [7, 11) is 0. The van der Waals surface area contributed by atoms with Gasteiger partial charge < -0.3 is 14.8 Å². The maximum Gasteiger partial charge on any atom is 0.372 e. The summed E-state index contributed by atoms with van der Waals surface area (Å²) in [5, 5.41) is 16.2. The van der Waals surface area contributed by atoms with Crippen LogP contribution >= 0.6 is 0 Å². The van der Waals surface area contributed by atoms with Crippen LogP contribution in [0.4, 0.5) is 0 Å². The SMILES string of the molecule is Cc1cnn(CCNCc2ccoc2C(=O)O)c1. The molecule has 0 unspecified atom stereocenters. The minimum absolute atomic E-state index is 0.00238. The van der Waals surface area contributed by atoms with Crippen LogP contribution in [0.3, 0.4) is 0 Å². The molecule has 0 spiro atoms. The summed E-state index contributed by atoms with van der Waals surface area (Å²) in [6, 6.07) is 1.66. The maximum absolute atomic E-state index is 10.8. The van der Waals surface area contributed by atoms with Crippen molar-refractivity contribution in [2.75, 3.05) is 6.54 Å². The number of aromatic nitrogens is 2. The van der Waals surface area contributed by atoms with E-state index in [0.29, 0.717) is 18.7 Å². The van der Waals surface area contributed by atoms with Crippen molar-refractivity contribution >= 4 is 5.97 Å². The number of aryl methyl sites for hydroxylation is 1. The second-order valence-corrected chi connectivity index (χ2v) is 4.04. The van der Waals surface area contributed by atoms with Gasteiger partial charge in [0.05, 0.1) is 19.0 Å². The van der Waals surface area contributed by atoms with Crippen molar-refractivity contribution in [2.45, 2.75) is 20.0 Å². The molecule has 0 radical (unpaired) electrons. The molecule has 0 aromatic carbocycles. The van der Waals surface area contributed by atoms with Crippen LogP contribution in [0.25, 0.3) is 0 Å². The third-order valence-corrected chi connectivity index (χ3v) is 2.54. The van der Waals surface area contributed by atoms with Gasteiger partial charge in [-0.1, -0.05) is 0 Å². The molecule has 2 rings (SSSR count). The van der Waals surface area contributed by atoms with Crippen LogP contribution in [0.2, 0.25) is 0 Å². The summed E-state index contributed by atoms with van der Waals surface area (Å²) in [4.78, 5) is 10.8. The molecule has 0 saturated heterocycles. The van der Waals surface area contributed by atoms with E-state index in [1.165, 1.54) is 6.26 Å². The van der Waals surface area contributed by atoms with Crippen molar-refractivity contribution in [2.24, 2.45) is 0 Å². The van der Waals surface area contributed by atoms with Crippen molar-refractivity contribution in [1.29, 1.82) is 0 Å². The van der Waals surface area contributed by atoms with Crippen LogP contribution in [0.5, 0.6) is 0 Å². The minimum atomic E-state index is -1.04. The first-order chi connectivity index (χ1) is 8.66. The standard InChI is InChI=1S/C12H15N3O3/c1-9-6-14-15(8-9)4-3-13-7-10-2-5-18-11(10)12(16)17/h2,5-6,8,13H,3-4,7H2,1H3,(H,16,17). The number of nitrogens with one attached hydrogen (secondary N) is 1. The first kappa shape index (κ1) is 12.4. The van der Waals surface area contributed by atoms with Gasteiger partial charge in [-0.3, -0.25) is 4.68 Å². The van der Waals surface area contributed by atoms with Gasteiger partial charge in [0, 0.05) is 24.8 Å². The molecule has 96 valence electrons. The highest BCUT2D eigenvalue weighted by Gasteiger charge is 2.12. The molecule has 0 aliphatic rings. The Morgan fingerprint density at radius 2 is 2.44 bits per heavy atom. The molecule has 2 N–H and O–H groups in total. The first-order valence-corrected chi connectivity index (χ1v) is 5.66. The van der Waals surface area contributed by atoms with Gasteiger partial charge in [-0.25, -0.2) is 4.79 Å². The lowest BCUT2D eigenvalue weighted by Gasteiger charge is -2.04. The Kier molecular flexibility index (Phi) is 3.78. The van der Waals surface area contributed by atoms with Gasteiger partial charge in [-0.05, 0) is 18.6 Å². The van der Waals surface area contributed by atoms with E-state index in [0.717, 1.165) is 12.1 Å². The van der Waals surface area contributed by atoms with E-state index >= 15 is 0 Å². The molecule has 2 heterocycles. The Hall–Kier alpha value is -2.08. The van der Waals surface area contributed by atoms with E-state index in [4.69, 9.17) is 9.52 Å². The fourth-order valence-electron chi connectivity index (χ4n) is 1.67. The fraction of sp³-hybridized carbons (Fsp3) is 0.333. The topological polar surface area (TPSA) is 80.3 Å². The number of aromatic carboxylic acids is 1. The number of carboxylic acids is 1. The Bertz CT molecular complexity index is 530. The van der Waals surface area contributed by atoms with Crippen molar-refractivity contribution in [3.8, 4) is 0 Å². The first-order valence-electron chi connectivity index (χ1n) is 5.66. The predicted molar refractivity (Wildman–Crippen MR) is 64.3 cm³/mol. The molecular formula is C12H15N3O3. The third kappa shape index (κ3) is 2.98. The zero-order valence-corrected chi connectivity index (χ0v) is 10.1. The summed E-state index contributed by atoms with van der Waals surface area (Å²) >= 11 is 0. The second kappa shape index (κ2) is 5.50. The number of hydrogen-bond donors (Lipinski definition) is 2. The lowest BCUT2D eigenvalue weighted by molar-refractivity contribution is 0.0660. The third-order valence-electron chi connectivity index (χ3n) is 2.54. The summed E-state index contributed by atoms with van der Waals surface area (Å²) in [5.74, 6) is -1.04. The number of furan rings is 1. The summed E-state index contributed by atoms with van der Waals surface area (Å²) in [6.07, 6.45) is 5.15. The average molecular weight is 249 g/mol. The van der Waals surface area contributed by atoms with Crippen molar-refractivity contribution in [3.05, 3.63) is 41.6 Å². The van der Waals surface area contributed by atoms with Crippen LogP contribution < -0.4 is 5.32 Å². The quantitative estimate of drug-likeness (QED) is 0.754. The Morgan fingerprint density at radius 1 is 1.61 bits per heavy atom. The lowest BCUT2D eigenvalue weighted by Crippen LogP contribution is -2.20. The zero-order chi connectivity index (χ0) is 13.0. The highest BCUT2D eigenvalue weighted by atomic mass is 16.4. The molecule has 0 aliphatic heterocycles. The van der Waals surface area contributed by atoms with Gasteiger partial charge in [0.1, 0.15) is 0 Å². The van der Waals surface area contributed by atoms with Crippen molar-refractivity contribution in [1.82, 2.24) is 15.1 Å². The van der Waals surface area contributed by atoms with Gasteiger partial charge in [-0.15, -0.1) is 0 Å². The number of rotatable bonds is 6. The average Bonchev–Trinajstić information content (AvgIpc) is 2.93. The molecule has 2 aromatic rings.